The standard InChI is InChI=1S/C14H23N3O3/c1-14(2,3)20-13(19)7-6-12(18)15-8-4-10-17-11-5-9-16-17/h5,9,11H,4,6-8,10H2,1-3H3,(H,15,18). The Morgan fingerprint density at radius 3 is 2.65 bits per heavy atom. The first-order valence-corrected chi connectivity index (χ1v) is 6.83. The van der Waals surface area contributed by atoms with Crippen LogP contribution in [0, 0.1) is 0 Å². The van der Waals surface area contributed by atoms with Gasteiger partial charge in [-0.2, -0.15) is 5.10 Å². The highest BCUT2D eigenvalue weighted by Crippen LogP contribution is 2.08. The van der Waals surface area contributed by atoms with Crippen molar-refractivity contribution in [2.24, 2.45) is 0 Å². The molecule has 0 aromatic carbocycles. The average Bonchev–Trinajstić information content (AvgIpc) is 2.83. The number of aryl methyl sites for hydroxylation is 1. The van der Waals surface area contributed by atoms with Gasteiger partial charge in [0, 0.05) is 31.9 Å². The van der Waals surface area contributed by atoms with Crippen molar-refractivity contribution in [3.8, 4) is 0 Å². The minimum atomic E-state index is -0.503. The Morgan fingerprint density at radius 2 is 2.05 bits per heavy atom. The van der Waals surface area contributed by atoms with E-state index >= 15 is 0 Å². The third-order valence-electron chi connectivity index (χ3n) is 2.42. The fourth-order valence-corrected chi connectivity index (χ4v) is 1.60. The van der Waals surface area contributed by atoms with E-state index < -0.39 is 5.60 Å². The molecule has 0 atom stereocenters. The number of ether oxygens (including phenoxy) is 1. The van der Waals surface area contributed by atoms with Gasteiger partial charge in [-0.15, -0.1) is 0 Å². The number of esters is 1. The van der Waals surface area contributed by atoms with Crippen molar-refractivity contribution >= 4 is 11.9 Å². The van der Waals surface area contributed by atoms with Crippen LogP contribution in [0.3, 0.4) is 0 Å². The highest BCUT2D eigenvalue weighted by molar-refractivity contribution is 5.81. The molecule has 20 heavy (non-hydrogen) atoms. The van der Waals surface area contributed by atoms with Crippen LogP contribution in [0.2, 0.25) is 0 Å². The first-order chi connectivity index (χ1) is 9.37. The van der Waals surface area contributed by atoms with Crippen LogP contribution in [0.25, 0.3) is 0 Å². The summed E-state index contributed by atoms with van der Waals surface area (Å²) < 4.78 is 6.94. The van der Waals surface area contributed by atoms with Gasteiger partial charge < -0.3 is 10.1 Å². The molecule has 0 aliphatic carbocycles. The number of nitrogens with one attached hydrogen (secondary N) is 1. The SMILES string of the molecule is CC(C)(C)OC(=O)CCC(=O)NCCCn1cccn1. The molecule has 0 radical (unpaired) electrons. The van der Waals surface area contributed by atoms with Gasteiger partial charge in [0.2, 0.25) is 5.91 Å². The summed E-state index contributed by atoms with van der Waals surface area (Å²) in [5.41, 5.74) is -0.503. The Bertz CT molecular complexity index is 421. The number of aromatic nitrogens is 2. The van der Waals surface area contributed by atoms with E-state index in [1.54, 1.807) is 27.0 Å². The second-order valence-corrected chi connectivity index (χ2v) is 5.56. The Morgan fingerprint density at radius 1 is 1.30 bits per heavy atom. The Labute approximate surface area is 119 Å². The summed E-state index contributed by atoms with van der Waals surface area (Å²) in [5, 5.41) is 6.84. The lowest BCUT2D eigenvalue weighted by Crippen LogP contribution is -2.28. The molecule has 0 unspecified atom stereocenters. The summed E-state index contributed by atoms with van der Waals surface area (Å²) in [6.45, 7) is 6.76. The van der Waals surface area contributed by atoms with E-state index in [0.29, 0.717) is 6.54 Å². The number of nitrogens with zero attached hydrogens (tertiary/aromatic N) is 2. The van der Waals surface area contributed by atoms with Crippen molar-refractivity contribution in [3.63, 3.8) is 0 Å². The van der Waals surface area contributed by atoms with Gasteiger partial charge in [-0.25, -0.2) is 0 Å². The molecule has 1 amide bonds. The number of carbonyl (C=O) groups is 2. The van der Waals surface area contributed by atoms with Gasteiger partial charge in [0.1, 0.15) is 5.60 Å². The summed E-state index contributed by atoms with van der Waals surface area (Å²) in [6, 6.07) is 1.86. The second-order valence-electron chi connectivity index (χ2n) is 5.56. The highest BCUT2D eigenvalue weighted by Gasteiger charge is 2.16. The number of hydrogen-bond donors (Lipinski definition) is 1. The van der Waals surface area contributed by atoms with Gasteiger partial charge in [0.25, 0.3) is 0 Å². The summed E-state index contributed by atoms with van der Waals surface area (Å²) >= 11 is 0. The zero-order chi connectivity index (χ0) is 15.0. The summed E-state index contributed by atoms with van der Waals surface area (Å²) in [5.74, 6) is -0.472. The van der Waals surface area contributed by atoms with E-state index in [1.807, 2.05) is 16.9 Å². The van der Waals surface area contributed by atoms with E-state index in [9.17, 15) is 9.59 Å². The molecule has 0 saturated carbocycles. The molecule has 6 nitrogen and oxygen atoms in total. The van der Waals surface area contributed by atoms with Crippen LogP contribution in [-0.4, -0.2) is 33.8 Å². The van der Waals surface area contributed by atoms with E-state index in [4.69, 9.17) is 4.74 Å². The molecule has 6 heteroatoms. The van der Waals surface area contributed by atoms with Crippen molar-refractivity contribution in [3.05, 3.63) is 18.5 Å². The van der Waals surface area contributed by atoms with E-state index in [0.717, 1.165) is 13.0 Å². The fraction of sp³-hybridized carbons (Fsp3) is 0.643. The molecule has 0 fully saturated rings. The van der Waals surface area contributed by atoms with Crippen LogP contribution >= 0.6 is 0 Å². The lowest BCUT2D eigenvalue weighted by atomic mass is 10.2. The van der Waals surface area contributed by atoms with E-state index in [1.165, 1.54) is 0 Å². The molecule has 1 rings (SSSR count). The Kier molecular flexibility index (Phi) is 6.21. The monoisotopic (exact) mass is 281 g/mol. The summed E-state index contributed by atoms with van der Waals surface area (Å²) in [4.78, 5) is 23.0. The lowest BCUT2D eigenvalue weighted by Gasteiger charge is -2.19. The zero-order valence-electron chi connectivity index (χ0n) is 12.4. The van der Waals surface area contributed by atoms with Crippen molar-refractivity contribution < 1.29 is 14.3 Å². The van der Waals surface area contributed by atoms with Crippen molar-refractivity contribution in [2.45, 2.75) is 52.2 Å². The van der Waals surface area contributed by atoms with Crippen LogP contribution in [0.15, 0.2) is 18.5 Å². The molecular formula is C14H23N3O3. The lowest BCUT2D eigenvalue weighted by molar-refractivity contribution is -0.155. The van der Waals surface area contributed by atoms with Crippen LogP contribution < -0.4 is 5.32 Å². The van der Waals surface area contributed by atoms with Crippen LogP contribution in [0.4, 0.5) is 0 Å². The number of rotatable bonds is 7. The first-order valence-electron chi connectivity index (χ1n) is 6.83. The van der Waals surface area contributed by atoms with Crippen LogP contribution in [-0.2, 0) is 20.9 Å². The van der Waals surface area contributed by atoms with Crippen molar-refractivity contribution in [1.29, 1.82) is 0 Å². The van der Waals surface area contributed by atoms with Gasteiger partial charge >= 0.3 is 5.97 Å². The Hall–Kier alpha value is -1.85. The summed E-state index contributed by atoms with van der Waals surface area (Å²) in [6.07, 6.45) is 4.68. The third kappa shape index (κ3) is 7.56. The zero-order valence-corrected chi connectivity index (χ0v) is 12.4. The third-order valence-corrected chi connectivity index (χ3v) is 2.42. The minimum absolute atomic E-state index is 0.113. The molecule has 0 aliphatic heterocycles. The maximum atomic E-state index is 11.5. The van der Waals surface area contributed by atoms with Gasteiger partial charge in [-0.3, -0.25) is 14.3 Å². The molecule has 1 aromatic rings. The molecule has 0 saturated heterocycles. The average molecular weight is 281 g/mol. The maximum Gasteiger partial charge on any atom is 0.306 e. The van der Waals surface area contributed by atoms with Gasteiger partial charge in [0.15, 0.2) is 0 Å². The quantitative estimate of drug-likeness (QED) is 0.607. The molecule has 112 valence electrons. The molecule has 1 N–H and O–H groups in total. The van der Waals surface area contributed by atoms with Crippen molar-refractivity contribution in [2.75, 3.05) is 6.54 Å². The predicted octanol–water partition coefficient (Wildman–Crippen LogP) is 1.51. The van der Waals surface area contributed by atoms with Gasteiger partial charge in [-0.1, -0.05) is 0 Å². The predicted molar refractivity (Wildman–Crippen MR) is 74.9 cm³/mol. The molecular weight excluding hydrogens is 258 g/mol. The fourth-order valence-electron chi connectivity index (χ4n) is 1.60. The van der Waals surface area contributed by atoms with Gasteiger partial charge in [0.05, 0.1) is 6.42 Å². The second kappa shape index (κ2) is 7.67. The normalized spacial score (nSPS) is 11.2. The van der Waals surface area contributed by atoms with Crippen molar-refractivity contribution in [1.82, 2.24) is 15.1 Å². The summed E-state index contributed by atoms with van der Waals surface area (Å²) in [7, 11) is 0. The minimum Gasteiger partial charge on any atom is -0.460 e. The van der Waals surface area contributed by atoms with Crippen LogP contribution in [0.1, 0.15) is 40.0 Å². The van der Waals surface area contributed by atoms with E-state index in [2.05, 4.69) is 10.4 Å². The molecule has 0 bridgehead atoms. The largest absolute Gasteiger partial charge is 0.460 e. The van der Waals surface area contributed by atoms with E-state index in [-0.39, 0.29) is 24.7 Å². The molecule has 0 aliphatic rings. The number of carbonyl (C=O) groups excluding carboxylic acids is 2. The molecule has 1 aromatic heterocycles. The van der Waals surface area contributed by atoms with Gasteiger partial charge in [-0.05, 0) is 33.3 Å². The maximum absolute atomic E-state index is 11.5. The van der Waals surface area contributed by atoms with Crippen LogP contribution in [0.5, 0.6) is 0 Å². The topological polar surface area (TPSA) is 73.2 Å². The number of hydrogen-bond acceptors (Lipinski definition) is 4. The number of amides is 1. The smallest absolute Gasteiger partial charge is 0.306 e. The highest BCUT2D eigenvalue weighted by atomic mass is 16.6. The molecule has 1 heterocycles. The molecule has 0 spiro atoms. The first kappa shape index (κ1) is 16.2. The Balaban J connectivity index is 2.07.